The van der Waals surface area contributed by atoms with Crippen molar-refractivity contribution in [3.63, 3.8) is 0 Å². The van der Waals surface area contributed by atoms with Crippen molar-refractivity contribution in [3.8, 4) is 0 Å². The fourth-order valence-corrected chi connectivity index (χ4v) is 4.56. The minimum atomic E-state index is -0.895. The summed E-state index contributed by atoms with van der Waals surface area (Å²) in [4.78, 5) is 3.56. The molecule has 4 rings (SSSR count). The van der Waals surface area contributed by atoms with Crippen LogP contribution < -0.4 is 5.32 Å². The van der Waals surface area contributed by atoms with E-state index in [4.69, 9.17) is 0 Å². The smallest absolute Gasteiger partial charge is 0.109 e. The maximum Gasteiger partial charge on any atom is 0.109 e. The number of hydrogen-bond acceptors (Lipinski definition) is 2. The van der Waals surface area contributed by atoms with E-state index in [1.165, 1.54) is 16.6 Å². The van der Waals surface area contributed by atoms with E-state index in [0.29, 0.717) is 0 Å². The molecule has 0 saturated heterocycles. The standard InChI is InChI=1S/C23H26BrFN2O/c1-23(2,28)15-8-6-14(7-9-15)21(13-25)26-20-5-3-4-17-18-12-16(24)10-11-19(18)27-22(17)20/h6-12,20-21,26-28H,3-5,13H2,1-2H3/t20-,21+/m1/s1. The molecule has 5 heteroatoms. The minimum absolute atomic E-state index is 0.102. The van der Waals surface area contributed by atoms with Gasteiger partial charge in [0, 0.05) is 27.1 Å². The molecule has 28 heavy (non-hydrogen) atoms. The molecule has 0 spiro atoms. The van der Waals surface area contributed by atoms with Crippen LogP contribution in [0.1, 0.15) is 61.2 Å². The first-order chi connectivity index (χ1) is 13.4. The van der Waals surface area contributed by atoms with E-state index in [-0.39, 0.29) is 12.1 Å². The van der Waals surface area contributed by atoms with E-state index in [2.05, 4.69) is 38.4 Å². The number of aryl methyl sites for hydroxylation is 1. The predicted molar refractivity (Wildman–Crippen MR) is 115 cm³/mol. The first-order valence-electron chi connectivity index (χ1n) is 9.81. The van der Waals surface area contributed by atoms with Gasteiger partial charge in [-0.2, -0.15) is 0 Å². The predicted octanol–water partition coefficient (Wildman–Crippen LogP) is 5.84. The van der Waals surface area contributed by atoms with E-state index < -0.39 is 12.3 Å². The highest BCUT2D eigenvalue weighted by Crippen LogP contribution is 2.37. The summed E-state index contributed by atoms with van der Waals surface area (Å²) in [6, 6.07) is 13.6. The lowest BCUT2D eigenvalue weighted by Crippen LogP contribution is -2.30. The average Bonchev–Trinajstić information content (AvgIpc) is 3.04. The van der Waals surface area contributed by atoms with Gasteiger partial charge in [-0.05, 0) is 68.0 Å². The van der Waals surface area contributed by atoms with Crippen LogP contribution in [0.25, 0.3) is 10.9 Å². The first-order valence-corrected chi connectivity index (χ1v) is 10.6. The Morgan fingerprint density at radius 2 is 2.00 bits per heavy atom. The maximum atomic E-state index is 13.9. The van der Waals surface area contributed by atoms with Gasteiger partial charge >= 0.3 is 0 Å². The summed E-state index contributed by atoms with van der Waals surface area (Å²) in [7, 11) is 0. The summed E-state index contributed by atoms with van der Waals surface area (Å²) in [6.07, 6.45) is 3.12. The van der Waals surface area contributed by atoms with Crippen molar-refractivity contribution in [1.82, 2.24) is 10.3 Å². The fraction of sp³-hybridized carbons (Fsp3) is 0.391. The number of fused-ring (bicyclic) bond motifs is 3. The van der Waals surface area contributed by atoms with Gasteiger partial charge in [0.1, 0.15) is 6.67 Å². The molecule has 0 bridgehead atoms. The Morgan fingerprint density at radius 3 is 2.68 bits per heavy atom. The van der Waals surface area contributed by atoms with Crippen molar-refractivity contribution >= 4 is 26.8 Å². The Bertz CT molecular complexity index is 975. The van der Waals surface area contributed by atoms with Crippen molar-refractivity contribution in [2.45, 2.75) is 50.8 Å². The number of nitrogens with one attached hydrogen (secondary N) is 2. The Kier molecular flexibility index (Phi) is 5.34. The Balaban J connectivity index is 1.61. The van der Waals surface area contributed by atoms with Gasteiger partial charge in [0.25, 0.3) is 0 Å². The highest BCUT2D eigenvalue weighted by molar-refractivity contribution is 9.10. The summed E-state index contributed by atoms with van der Waals surface area (Å²) in [5.74, 6) is 0. The lowest BCUT2D eigenvalue weighted by Gasteiger charge is -2.28. The van der Waals surface area contributed by atoms with Crippen molar-refractivity contribution in [1.29, 1.82) is 0 Å². The highest BCUT2D eigenvalue weighted by Gasteiger charge is 2.27. The Morgan fingerprint density at radius 1 is 1.25 bits per heavy atom. The number of rotatable bonds is 5. The largest absolute Gasteiger partial charge is 0.386 e. The number of aromatic amines is 1. The molecule has 3 aromatic rings. The molecule has 1 aliphatic carbocycles. The second-order valence-corrected chi connectivity index (χ2v) is 9.12. The van der Waals surface area contributed by atoms with Gasteiger partial charge in [0.15, 0.2) is 0 Å². The molecule has 1 heterocycles. The van der Waals surface area contributed by atoms with Gasteiger partial charge in [0.05, 0.1) is 11.6 Å². The number of benzene rings is 2. The molecule has 0 fully saturated rings. The molecule has 0 unspecified atom stereocenters. The van der Waals surface area contributed by atoms with Crippen LogP contribution in [-0.4, -0.2) is 16.8 Å². The SMILES string of the molecule is CC(C)(O)c1ccc([C@H](CF)N[C@@H]2CCCc3c2[nH]c2ccc(Br)cc32)cc1. The van der Waals surface area contributed by atoms with Gasteiger partial charge < -0.3 is 10.1 Å². The molecule has 3 nitrogen and oxygen atoms in total. The molecular formula is C23H26BrFN2O. The summed E-state index contributed by atoms with van der Waals surface area (Å²) in [5, 5.41) is 14.9. The Labute approximate surface area is 173 Å². The number of hydrogen-bond donors (Lipinski definition) is 3. The van der Waals surface area contributed by atoms with E-state index in [0.717, 1.165) is 40.4 Å². The van der Waals surface area contributed by atoms with Crippen molar-refractivity contribution < 1.29 is 9.50 Å². The minimum Gasteiger partial charge on any atom is -0.386 e. The van der Waals surface area contributed by atoms with Crippen LogP contribution in [0, 0.1) is 0 Å². The topological polar surface area (TPSA) is 48.0 Å². The third-order valence-electron chi connectivity index (χ3n) is 5.75. The van der Waals surface area contributed by atoms with Gasteiger partial charge in [-0.1, -0.05) is 40.2 Å². The highest BCUT2D eigenvalue weighted by atomic mass is 79.9. The quantitative estimate of drug-likeness (QED) is 0.463. The van der Waals surface area contributed by atoms with Crippen molar-refractivity contribution in [2.24, 2.45) is 0 Å². The lowest BCUT2D eigenvalue weighted by molar-refractivity contribution is 0.0785. The van der Waals surface area contributed by atoms with E-state index in [9.17, 15) is 9.50 Å². The van der Waals surface area contributed by atoms with Crippen LogP contribution in [0.4, 0.5) is 4.39 Å². The molecule has 0 amide bonds. The van der Waals surface area contributed by atoms with Crippen LogP contribution in [0.3, 0.4) is 0 Å². The fourth-order valence-electron chi connectivity index (χ4n) is 4.20. The van der Waals surface area contributed by atoms with Crippen LogP contribution >= 0.6 is 15.9 Å². The molecule has 148 valence electrons. The van der Waals surface area contributed by atoms with Crippen LogP contribution in [0.15, 0.2) is 46.9 Å². The zero-order chi connectivity index (χ0) is 19.9. The second-order valence-electron chi connectivity index (χ2n) is 8.21. The number of H-pyrrole nitrogens is 1. The molecule has 0 radical (unpaired) electrons. The Hall–Kier alpha value is -1.69. The zero-order valence-electron chi connectivity index (χ0n) is 16.2. The van der Waals surface area contributed by atoms with E-state index >= 15 is 0 Å². The van der Waals surface area contributed by atoms with Crippen LogP contribution in [0.2, 0.25) is 0 Å². The molecule has 0 aliphatic heterocycles. The van der Waals surface area contributed by atoms with Crippen molar-refractivity contribution in [2.75, 3.05) is 6.67 Å². The van der Waals surface area contributed by atoms with Gasteiger partial charge in [-0.3, -0.25) is 5.32 Å². The second kappa shape index (κ2) is 7.62. The number of aliphatic hydroxyl groups is 1. The van der Waals surface area contributed by atoms with Gasteiger partial charge in [-0.25, -0.2) is 4.39 Å². The average molecular weight is 445 g/mol. The molecule has 1 aromatic heterocycles. The summed E-state index contributed by atoms with van der Waals surface area (Å²) in [5.41, 5.74) is 4.50. The summed E-state index contributed by atoms with van der Waals surface area (Å²) >= 11 is 3.56. The monoisotopic (exact) mass is 444 g/mol. The van der Waals surface area contributed by atoms with E-state index in [1.54, 1.807) is 13.8 Å². The maximum absolute atomic E-state index is 13.9. The third-order valence-corrected chi connectivity index (χ3v) is 6.24. The van der Waals surface area contributed by atoms with E-state index in [1.807, 2.05) is 30.3 Å². The molecule has 2 aromatic carbocycles. The van der Waals surface area contributed by atoms with Crippen LogP contribution in [0.5, 0.6) is 0 Å². The molecule has 0 saturated carbocycles. The first kappa shape index (κ1) is 19.6. The third kappa shape index (κ3) is 3.76. The summed E-state index contributed by atoms with van der Waals surface area (Å²) in [6.45, 7) is 3.04. The number of aromatic nitrogens is 1. The number of alkyl halides is 1. The molecule has 1 aliphatic rings. The molecule has 3 N–H and O–H groups in total. The normalized spacial score (nSPS) is 18.2. The van der Waals surface area contributed by atoms with Gasteiger partial charge in [0.2, 0.25) is 0 Å². The van der Waals surface area contributed by atoms with Crippen molar-refractivity contribution in [3.05, 3.63) is 69.3 Å². The molecule has 2 atom stereocenters. The lowest BCUT2D eigenvalue weighted by atomic mass is 9.90. The van der Waals surface area contributed by atoms with Crippen LogP contribution in [-0.2, 0) is 12.0 Å². The summed E-state index contributed by atoms with van der Waals surface area (Å²) < 4.78 is 15.0. The number of halogens is 2. The zero-order valence-corrected chi connectivity index (χ0v) is 17.8. The van der Waals surface area contributed by atoms with Gasteiger partial charge in [-0.15, -0.1) is 0 Å². The molecular weight excluding hydrogens is 419 g/mol.